The van der Waals surface area contributed by atoms with E-state index in [1.54, 1.807) is 18.3 Å². The SMILES string of the molecule is O=C(CNc1cnc2ccccn2c1=O)N1CCCCC1. The Kier molecular flexibility index (Phi) is 3.85. The van der Waals surface area contributed by atoms with E-state index < -0.39 is 0 Å². The lowest BCUT2D eigenvalue weighted by Crippen LogP contribution is -2.39. The fraction of sp³-hybridized carbons (Fsp3) is 0.400. The quantitative estimate of drug-likeness (QED) is 0.918. The molecule has 1 aliphatic heterocycles. The first-order valence-corrected chi connectivity index (χ1v) is 7.24. The maximum Gasteiger partial charge on any atom is 0.281 e. The highest BCUT2D eigenvalue weighted by Gasteiger charge is 2.16. The van der Waals surface area contributed by atoms with Gasteiger partial charge >= 0.3 is 0 Å². The summed E-state index contributed by atoms with van der Waals surface area (Å²) in [6.45, 7) is 1.76. The minimum absolute atomic E-state index is 0.0345. The van der Waals surface area contributed by atoms with Crippen LogP contribution in [-0.2, 0) is 4.79 Å². The van der Waals surface area contributed by atoms with Gasteiger partial charge in [-0.25, -0.2) is 4.98 Å². The second-order valence-electron chi connectivity index (χ2n) is 5.20. The molecule has 0 radical (unpaired) electrons. The Hall–Kier alpha value is -2.37. The monoisotopic (exact) mass is 286 g/mol. The average molecular weight is 286 g/mol. The minimum Gasteiger partial charge on any atom is -0.370 e. The number of pyridine rings is 1. The van der Waals surface area contributed by atoms with E-state index in [4.69, 9.17) is 0 Å². The Morgan fingerprint density at radius 2 is 2.05 bits per heavy atom. The minimum atomic E-state index is -0.188. The topological polar surface area (TPSA) is 66.7 Å². The number of nitrogens with one attached hydrogen (secondary N) is 1. The van der Waals surface area contributed by atoms with Crippen molar-refractivity contribution in [1.29, 1.82) is 0 Å². The molecular weight excluding hydrogens is 268 g/mol. The molecule has 1 N–H and O–H groups in total. The predicted octanol–water partition coefficient (Wildman–Crippen LogP) is 1.12. The highest BCUT2D eigenvalue weighted by atomic mass is 16.2. The summed E-state index contributed by atoms with van der Waals surface area (Å²) in [5.74, 6) is 0.0345. The number of carbonyl (C=O) groups excluding carboxylic acids is 1. The van der Waals surface area contributed by atoms with Crippen molar-refractivity contribution >= 4 is 17.2 Å². The summed E-state index contributed by atoms with van der Waals surface area (Å²) in [6.07, 6.45) is 6.47. The van der Waals surface area contributed by atoms with E-state index in [2.05, 4.69) is 10.3 Å². The van der Waals surface area contributed by atoms with Crippen LogP contribution in [0.5, 0.6) is 0 Å². The molecule has 0 aromatic carbocycles. The maximum atomic E-state index is 12.3. The lowest BCUT2D eigenvalue weighted by Gasteiger charge is -2.26. The molecule has 3 rings (SSSR count). The molecule has 0 aliphatic carbocycles. The van der Waals surface area contributed by atoms with E-state index in [9.17, 15) is 9.59 Å². The molecule has 0 bridgehead atoms. The van der Waals surface area contributed by atoms with Gasteiger partial charge in [-0.1, -0.05) is 6.07 Å². The van der Waals surface area contributed by atoms with E-state index >= 15 is 0 Å². The van der Waals surface area contributed by atoms with Gasteiger partial charge in [0, 0.05) is 19.3 Å². The van der Waals surface area contributed by atoms with E-state index in [1.165, 1.54) is 17.0 Å². The fourth-order valence-corrected chi connectivity index (χ4v) is 2.57. The molecule has 1 amide bonds. The van der Waals surface area contributed by atoms with Crippen LogP contribution in [0.25, 0.3) is 5.65 Å². The van der Waals surface area contributed by atoms with Crippen molar-refractivity contribution in [3.63, 3.8) is 0 Å². The molecule has 3 heterocycles. The molecule has 0 atom stereocenters. The number of hydrogen-bond donors (Lipinski definition) is 1. The zero-order valence-corrected chi connectivity index (χ0v) is 11.8. The number of carbonyl (C=O) groups is 1. The van der Waals surface area contributed by atoms with Gasteiger partial charge in [0.15, 0.2) is 0 Å². The van der Waals surface area contributed by atoms with Crippen LogP contribution < -0.4 is 10.9 Å². The van der Waals surface area contributed by atoms with Gasteiger partial charge in [0.25, 0.3) is 5.56 Å². The fourth-order valence-electron chi connectivity index (χ4n) is 2.57. The first-order chi connectivity index (χ1) is 10.3. The molecule has 2 aromatic heterocycles. The molecule has 6 heteroatoms. The lowest BCUT2D eigenvalue weighted by molar-refractivity contribution is -0.130. The molecule has 0 spiro atoms. The van der Waals surface area contributed by atoms with Crippen LogP contribution in [-0.4, -0.2) is 39.8 Å². The van der Waals surface area contributed by atoms with E-state index in [-0.39, 0.29) is 18.0 Å². The molecule has 0 saturated carbocycles. The van der Waals surface area contributed by atoms with Gasteiger partial charge in [-0.2, -0.15) is 0 Å². The zero-order chi connectivity index (χ0) is 14.7. The van der Waals surface area contributed by atoms with Crippen LogP contribution in [0.4, 0.5) is 5.69 Å². The highest BCUT2D eigenvalue weighted by molar-refractivity contribution is 5.80. The highest BCUT2D eigenvalue weighted by Crippen LogP contribution is 2.09. The standard InChI is InChI=1S/C15H18N4O2/c20-14(18-7-3-1-4-8-18)11-16-12-10-17-13-6-2-5-9-19(13)15(12)21/h2,5-6,9-10,16H,1,3-4,7-8,11H2. The first-order valence-electron chi connectivity index (χ1n) is 7.24. The molecule has 1 saturated heterocycles. The Bertz CT molecular complexity index is 704. The summed E-state index contributed by atoms with van der Waals surface area (Å²) in [5, 5.41) is 2.92. The van der Waals surface area contributed by atoms with Crippen LogP contribution in [0.15, 0.2) is 35.4 Å². The average Bonchev–Trinajstić information content (AvgIpc) is 2.55. The largest absolute Gasteiger partial charge is 0.370 e. The van der Waals surface area contributed by atoms with E-state index in [1.807, 2.05) is 11.0 Å². The van der Waals surface area contributed by atoms with Crippen molar-refractivity contribution in [3.8, 4) is 0 Å². The summed E-state index contributed by atoms with van der Waals surface area (Å²) in [7, 11) is 0. The van der Waals surface area contributed by atoms with Crippen molar-refractivity contribution in [2.75, 3.05) is 25.0 Å². The van der Waals surface area contributed by atoms with Gasteiger partial charge in [0.1, 0.15) is 11.3 Å². The number of hydrogen-bond acceptors (Lipinski definition) is 4. The molecule has 110 valence electrons. The molecular formula is C15H18N4O2. The molecule has 1 aliphatic rings. The number of anilines is 1. The molecule has 1 fully saturated rings. The van der Waals surface area contributed by atoms with Gasteiger partial charge in [-0.15, -0.1) is 0 Å². The van der Waals surface area contributed by atoms with Gasteiger partial charge < -0.3 is 10.2 Å². The number of amides is 1. The Balaban J connectivity index is 1.72. The Morgan fingerprint density at radius 1 is 1.24 bits per heavy atom. The van der Waals surface area contributed by atoms with Crippen molar-refractivity contribution in [2.24, 2.45) is 0 Å². The number of nitrogens with zero attached hydrogens (tertiary/aromatic N) is 3. The van der Waals surface area contributed by atoms with Crippen molar-refractivity contribution in [3.05, 3.63) is 40.9 Å². The summed E-state index contributed by atoms with van der Waals surface area (Å²) in [5.41, 5.74) is 0.756. The van der Waals surface area contributed by atoms with Crippen LogP contribution in [0.1, 0.15) is 19.3 Å². The number of rotatable bonds is 3. The number of piperidine rings is 1. The number of likely N-dealkylation sites (tertiary alicyclic amines) is 1. The van der Waals surface area contributed by atoms with Crippen LogP contribution >= 0.6 is 0 Å². The van der Waals surface area contributed by atoms with E-state index in [0.29, 0.717) is 11.3 Å². The summed E-state index contributed by atoms with van der Waals surface area (Å²) >= 11 is 0. The third kappa shape index (κ3) is 2.89. The molecule has 2 aromatic rings. The summed E-state index contributed by atoms with van der Waals surface area (Å²) in [6, 6.07) is 5.37. The van der Waals surface area contributed by atoms with E-state index in [0.717, 1.165) is 25.9 Å². The van der Waals surface area contributed by atoms with Crippen LogP contribution in [0.3, 0.4) is 0 Å². The molecule has 6 nitrogen and oxygen atoms in total. The van der Waals surface area contributed by atoms with Gasteiger partial charge in [0.05, 0.1) is 12.7 Å². The summed E-state index contributed by atoms with van der Waals surface area (Å²) in [4.78, 5) is 30.4. The zero-order valence-electron chi connectivity index (χ0n) is 11.8. The van der Waals surface area contributed by atoms with Crippen molar-refractivity contribution in [2.45, 2.75) is 19.3 Å². The number of fused-ring (bicyclic) bond motifs is 1. The Morgan fingerprint density at radius 3 is 2.86 bits per heavy atom. The molecule has 0 unspecified atom stereocenters. The maximum absolute atomic E-state index is 12.3. The van der Waals surface area contributed by atoms with Crippen LogP contribution in [0.2, 0.25) is 0 Å². The van der Waals surface area contributed by atoms with Crippen molar-refractivity contribution < 1.29 is 4.79 Å². The van der Waals surface area contributed by atoms with Crippen LogP contribution in [0, 0.1) is 0 Å². The first kappa shape index (κ1) is 13.6. The second kappa shape index (κ2) is 5.95. The third-order valence-electron chi connectivity index (χ3n) is 3.75. The smallest absolute Gasteiger partial charge is 0.281 e. The predicted molar refractivity (Wildman–Crippen MR) is 80.4 cm³/mol. The number of aromatic nitrogens is 2. The van der Waals surface area contributed by atoms with Gasteiger partial charge in [-0.3, -0.25) is 14.0 Å². The lowest BCUT2D eigenvalue weighted by atomic mass is 10.1. The Labute approximate surface area is 122 Å². The second-order valence-corrected chi connectivity index (χ2v) is 5.20. The third-order valence-corrected chi connectivity index (χ3v) is 3.75. The normalized spacial score (nSPS) is 15.1. The molecule has 21 heavy (non-hydrogen) atoms. The van der Waals surface area contributed by atoms with Crippen molar-refractivity contribution in [1.82, 2.24) is 14.3 Å². The summed E-state index contributed by atoms with van der Waals surface area (Å²) < 4.78 is 1.47. The van der Waals surface area contributed by atoms with Gasteiger partial charge in [-0.05, 0) is 31.4 Å². The van der Waals surface area contributed by atoms with Gasteiger partial charge in [0.2, 0.25) is 5.91 Å².